The lowest BCUT2D eigenvalue weighted by atomic mass is 10.0. The molecule has 194 valence electrons. The first-order valence-corrected chi connectivity index (χ1v) is 12.0. The Morgan fingerprint density at radius 1 is 0.556 bits per heavy atom. The zero-order chi connectivity index (χ0) is 26.9. The molecule has 2 aromatic rings. The lowest BCUT2D eigenvalue weighted by Crippen LogP contribution is -2.21. The van der Waals surface area contributed by atoms with Gasteiger partial charge in [-0.2, -0.15) is 0 Å². The average molecular weight is 621 g/mol. The van der Waals surface area contributed by atoms with Crippen LogP contribution in [0.25, 0.3) is 0 Å². The van der Waals surface area contributed by atoms with E-state index in [-0.39, 0.29) is 22.6 Å². The minimum absolute atomic E-state index is 0.100. The summed E-state index contributed by atoms with van der Waals surface area (Å²) in [5.74, 6) is -2.56. The molecule has 2 aromatic carbocycles. The van der Waals surface area contributed by atoms with Gasteiger partial charge >= 0.3 is 11.9 Å². The van der Waals surface area contributed by atoms with E-state index in [1.165, 1.54) is 48.5 Å². The fraction of sp³-hybridized carbons (Fsp3) is 0.273. The Bertz CT molecular complexity index is 988. The smallest absolute Gasteiger partial charge is 0.344 e. The van der Waals surface area contributed by atoms with Crippen molar-refractivity contribution in [1.82, 2.24) is 0 Å². The van der Waals surface area contributed by atoms with E-state index in [1.807, 2.05) is 0 Å². The van der Waals surface area contributed by atoms with E-state index in [0.717, 1.165) is 0 Å². The zero-order valence-corrected chi connectivity index (χ0v) is 22.5. The number of ether oxygens (including phenoxy) is 4. The Kier molecular flexibility index (Phi) is 11.4. The molecule has 0 fully saturated rings. The van der Waals surface area contributed by atoms with Gasteiger partial charge in [0, 0.05) is 11.1 Å². The number of hydrogen-bond acceptors (Lipinski definition) is 8. The van der Waals surface area contributed by atoms with Gasteiger partial charge in [0.2, 0.25) is 19.2 Å². The van der Waals surface area contributed by atoms with Crippen LogP contribution in [0.4, 0.5) is 0 Å². The molecule has 0 saturated heterocycles. The predicted molar refractivity (Wildman–Crippen MR) is 135 cm³/mol. The Morgan fingerprint density at radius 2 is 0.861 bits per heavy atom. The second kappa shape index (κ2) is 13.6. The third kappa shape index (κ3) is 11.4. The predicted octanol–water partition coefficient (Wildman–Crippen LogP) is 5.34. The van der Waals surface area contributed by atoms with E-state index in [2.05, 4.69) is 0 Å². The maximum Gasteiger partial charge on any atom is 0.344 e. The third-order valence-corrected chi connectivity index (χ3v) is 4.60. The Morgan fingerprint density at radius 3 is 1.14 bits per heavy atom. The number of carbonyl (C=O) groups is 4. The van der Waals surface area contributed by atoms with Crippen LogP contribution in [-0.4, -0.2) is 57.5 Å². The monoisotopic (exact) mass is 618 g/mol. The molecular weight excluding hydrogens is 605 g/mol. The molecule has 0 aromatic heterocycles. The molecule has 0 bridgehead atoms. The van der Waals surface area contributed by atoms with E-state index < -0.39 is 57.5 Å². The van der Waals surface area contributed by atoms with Crippen molar-refractivity contribution in [3.8, 4) is 11.5 Å². The Balaban J connectivity index is 1.86. The van der Waals surface area contributed by atoms with Crippen LogP contribution in [-0.2, 0) is 19.1 Å². The maximum atomic E-state index is 12.5. The van der Waals surface area contributed by atoms with Crippen LogP contribution in [0, 0.1) is 0 Å². The molecule has 8 nitrogen and oxygen atoms in total. The number of esters is 2. The molecule has 0 atom stereocenters. The number of rotatable bonds is 11. The third-order valence-electron chi connectivity index (χ3n) is 3.95. The summed E-state index contributed by atoms with van der Waals surface area (Å²) in [6.45, 7) is -1.78. The number of hydrogen-bond donors (Lipinski definition) is 0. The fourth-order valence-electron chi connectivity index (χ4n) is 2.36. The summed E-state index contributed by atoms with van der Waals surface area (Å²) in [6, 6.07) is 11.1. The van der Waals surface area contributed by atoms with Crippen LogP contribution in [0.15, 0.2) is 48.5 Å². The fourth-order valence-corrected chi connectivity index (χ4v) is 2.69. The second-order valence-electron chi connectivity index (χ2n) is 6.84. The van der Waals surface area contributed by atoms with Gasteiger partial charge in [-0.05, 0) is 48.5 Å². The van der Waals surface area contributed by atoms with Crippen molar-refractivity contribution in [2.75, 3.05) is 26.4 Å². The number of alkyl halides is 6. The van der Waals surface area contributed by atoms with Crippen LogP contribution >= 0.6 is 69.6 Å². The summed E-state index contributed by atoms with van der Waals surface area (Å²) in [5, 5.41) is 0. The number of ketones is 2. The first kappa shape index (κ1) is 30.3. The van der Waals surface area contributed by atoms with E-state index in [0.29, 0.717) is 0 Å². The summed E-state index contributed by atoms with van der Waals surface area (Å²) in [5.41, 5.74) is 0.200. The highest BCUT2D eigenvalue weighted by Crippen LogP contribution is 2.26. The summed E-state index contributed by atoms with van der Waals surface area (Å²) in [4.78, 5) is 48.2. The van der Waals surface area contributed by atoms with Gasteiger partial charge in [0.15, 0.2) is 13.2 Å². The molecule has 0 saturated carbocycles. The van der Waals surface area contributed by atoms with Gasteiger partial charge in [-0.1, -0.05) is 69.6 Å². The van der Waals surface area contributed by atoms with Crippen molar-refractivity contribution >= 4 is 93.1 Å². The van der Waals surface area contributed by atoms with Gasteiger partial charge in [0.05, 0.1) is 0 Å². The highest BCUT2D eigenvalue weighted by Gasteiger charge is 2.23. The summed E-state index contributed by atoms with van der Waals surface area (Å²) in [6.07, 6.45) is 0. The normalized spacial score (nSPS) is 11.4. The molecular formula is C22H16Cl6O8. The number of Topliss-reactive ketones (excluding diaryl/α,β-unsaturated/α-hetero) is 2. The summed E-state index contributed by atoms with van der Waals surface area (Å²) < 4.78 is 16.4. The van der Waals surface area contributed by atoms with Gasteiger partial charge in [0.1, 0.15) is 24.7 Å². The van der Waals surface area contributed by atoms with Gasteiger partial charge in [-0.3, -0.25) is 9.59 Å². The van der Waals surface area contributed by atoms with Crippen LogP contribution in [0.5, 0.6) is 11.5 Å². The van der Waals surface area contributed by atoms with Crippen molar-refractivity contribution in [3.05, 3.63) is 59.7 Å². The van der Waals surface area contributed by atoms with Gasteiger partial charge in [0.25, 0.3) is 0 Å². The maximum absolute atomic E-state index is 12.5. The topological polar surface area (TPSA) is 105 Å². The SMILES string of the molecule is O=C(COc1ccc(C(=O)C(=O)c2ccc(OCC(=O)OCC(Cl)(Cl)Cl)cc2)cc1)OCC(Cl)(Cl)Cl. The molecule has 0 aliphatic rings. The van der Waals surface area contributed by atoms with E-state index in [1.54, 1.807) is 0 Å². The average Bonchev–Trinajstić information content (AvgIpc) is 2.82. The lowest BCUT2D eigenvalue weighted by molar-refractivity contribution is -0.146. The quantitative estimate of drug-likeness (QED) is 0.144. The first-order chi connectivity index (χ1) is 16.7. The number of halogens is 6. The van der Waals surface area contributed by atoms with Crippen LogP contribution in [0.2, 0.25) is 0 Å². The molecule has 14 heteroatoms. The molecule has 36 heavy (non-hydrogen) atoms. The zero-order valence-electron chi connectivity index (χ0n) is 18.0. The number of benzene rings is 2. The van der Waals surface area contributed by atoms with E-state index >= 15 is 0 Å². The minimum atomic E-state index is -1.74. The van der Waals surface area contributed by atoms with Crippen molar-refractivity contribution in [1.29, 1.82) is 0 Å². The molecule has 0 radical (unpaired) electrons. The number of carbonyl (C=O) groups excluding carboxylic acids is 4. The van der Waals surface area contributed by atoms with Crippen molar-refractivity contribution in [2.45, 2.75) is 7.59 Å². The van der Waals surface area contributed by atoms with Crippen molar-refractivity contribution in [2.24, 2.45) is 0 Å². The largest absolute Gasteiger partial charge is 0.482 e. The first-order valence-electron chi connectivity index (χ1n) is 9.73. The Hall–Kier alpha value is -1.94. The molecule has 0 unspecified atom stereocenters. The van der Waals surface area contributed by atoms with E-state index in [4.69, 9.17) is 88.6 Å². The minimum Gasteiger partial charge on any atom is -0.482 e. The van der Waals surface area contributed by atoms with Gasteiger partial charge < -0.3 is 18.9 Å². The Labute approximate surface area is 235 Å². The lowest BCUT2D eigenvalue weighted by Gasteiger charge is -2.12. The molecule has 0 amide bonds. The van der Waals surface area contributed by atoms with Gasteiger partial charge in [-0.25, -0.2) is 9.59 Å². The summed E-state index contributed by atoms with van der Waals surface area (Å²) >= 11 is 32.9. The van der Waals surface area contributed by atoms with Crippen molar-refractivity contribution in [3.63, 3.8) is 0 Å². The molecule has 2 rings (SSSR count). The second-order valence-corrected chi connectivity index (χ2v) is 11.9. The molecule has 0 aliphatic heterocycles. The van der Waals surface area contributed by atoms with Crippen molar-refractivity contribution < 1.29 is 38.1 Å². The molecule has 0 N–H and O–H groups in total. The van der Waals surface area contributed by atoms with Gasteiger partial charge in [-0.15, -0.1) is 0 Å². The van der Waals surface area contributed by atoms with Crippen LogP contribution in [0.1, 0.15) is 20.7 Å². The molecule has 0 aliphatic carbocycles. The van der Waals surface area contributed by atoms with Crippen LogP contribution < -0.4 is 9.47 Å². The van der Waals surface area contributed by atoms with E-state index in [9.17, 15) is 19.2 Å². The standard InChI is InChI=1S/C22H16Cl6O8/c23-21(24,25)11-35-17(29)9-33-15-5-1-13(2-6-15)19(31)20(32)14-3-7-16(8-4-14)34-10-18(30)36-12-22(26,27)28/h1-8H,9-12H2. The highest BCUT2D eigenvalue weighted by atomic mass is 35.6. The van der Waals surface area contributed by atoms with Crippen LogP contribution in [0.3, 0.4) is 0 Å². The molecule has 0 spiro atoms. The molecule has 0 heterocycles. The highest BCUT2D eigenvalue weighted by molar-refractivity contribution is 6.68. The summed E-state index contributed by atoms with van der Waals surface area (Å²) in [7, 11) is 0.